The highest BCUT2D eigenvalue weighted by Gasteiger charge is 2.29. The van der Waals surface area contributed by atoms with Gasteiger partial charge in [-0.25, -0.2) is 0 Å². The first kappa shape index (κ1) is 12.5. The summed E-state index contributed by atoms with van der Waals surface area (Å²) in [5, 5.41) is 12.3. The Hall–Kier alpha value is -2.49. The average molecular weight is 269 g/mol. The standard InChI is InChI=1S/C16H15NO3/c1-10-8-11(6-7-14(10)18)17-16(19)13-9-20-15-5-3-2-4-12(13)15/h2-8,13,18H,9H2,1H3,(H,17,19). The summed E-state index contributed by atoms with van der Waals surface area (Å²) in [6, 6.07) is 12.6. The predicted molar refractivity (Wildman–Crippen MR) is 76.2 cm³/mol. The van der Waals surface area contributed by atoms with Gasteiger partial charge in [0.1, 0.15) is 24.0 Å². The van der Waals surface area contributed by atoms with Crippen molar-refractivity contribution < 1.29 is 14.6 Å². The van der Waals surface area contributed by atoms with Crippen molar-refractivity contribution >= 4 is 11.6 Å². The zero-order valence-electron chi connectivity index (χ0n) is 11.1. The van der Waals surface area contributed by atoms with Crippen molar-refractivity contribution in [2.75, 3.05) is 11.9 Å². The third-order valence-corrected chi connectivity index (χ3v) is 3.48. The van der Waals surface area contributed by atoms with Gasteiger partial charge in [0.05, 0.1) is 0 Å². The van der Waals surface area contributed by atoms with Crippen LogP contribution in [0.25, 0.3) is 0 Å². The number of para-hydroxylation sites is 1. The number of benzene rings is 2. The van der Waals surface area contributed by atoms with E-state index in [0.29, 0.717) is 12.3 Å². The van der Waals surface area contributed by atoms with E-state index in [1.807, 2.05) is 24.3 Å². The van der Waals surface area contributed by atoms with Crippen molar-refractivity contribution in [2.24, 2.45) is 0 Å². The van der Waals surface area contributed by atoms with E-state index >= 15 is 0 Å². The molecular formula is C16H15NO3. The molecule has 2 aromatic rings. The molecule has 4 heteroatoms. The third kappa shape index (κ3) is 2.20. The van der Waals surface area contributed by atoms with Gasteiger partial charge in [-0.1, -0.05) is 18.2 Å². The Labute approximate surface area is 117 Å². The topological polar surface area (TPSA) is 58.6 Å². The van der Waals surface area contributed by atoms with Crippen LogP contribution in [0.3, 0.4) is 0 Å². The molecule has 1 heterocycles. The number of rotatable bonds is 2. The molecule has 0 bridgehead atoms. The molecule has 0 aromatic heterocycles. The Morgan fingerprint density at radius 3 is 2.90 bits per heavy atom. The molecule has 0 radical (unpaired) electrons. The van der Waals surface area contributed by atoms with Crippen LogP contribution in [-0.4, -0.2) is 17.6 Å². The number of amides is 1. The number of hydrogen-bond acceptors (Lipinski definition) is 3. The van der Waals surface area contributed by atoms with Crippen LogP contribution < -0.4 is 10.1 Å². The molecule has 0 spiro atoms. The second kappa shape index (κ2) is 4.89. The largest absolute Gasteiger partial charge is 0.508 e. The lowest BCUT2D eigenvalue weighted by molar-refractivity contribution is -0.117. The molecule has 1 amide bonds. The molecule has 2 aromatic carbocycles. The smallest absolute Gasteiger partial charge is 0.235 e. The molecule has 4 nitrogen and oxygen atoms in total. The van der Waals surface area contributed by atoms with Gasteiger partial charge in [-0.05, 0) is 36.8 Å². The van der Waals surface area contributed by atoms with Crippen LogP contribution in [0.2, 0.25) is 0 Å². The van der Waals surface area contributed by atoms with Crippen molar-refractivity contribution in [1.82, 2.24) is 0 Å². The molecule has 0 saturated carbocycles. The van der Waals surface area contributed by atoms with Crippen molar-refractivity contribution in [1.29, 1.82) is 0 Å². The van der Waals surface area contributed by atoms with E-state index < -0.39 is 0 Å². The van der Waals surface area contributed by atoms with Crippen LogP contribution in [0.15, 0.2) is 42.5 Å². The Morgan fingerprint density at radius 2 is 2.10 bits per heavy atom. The van der Waals surface area contributed by atoms with E-state index in [1.54, 1.807) is 25.1 Å². The molecule has 0 saturated heterocycles. The summed E-state index contributed by atoms with van der Waals surface area (Å²) in [6.07, 6.45) is 0. The highest BCUT2D eigenvalue weighted by molar-refractivity contribution is 5.97. The highest BCUT2D eigenvalue weighted by Crippen LogP contribution is 2.34. The molecule has 0 fully saturated rings. The quantitative estimate of drug-likeness (QED) is 0.824. The van der Waals surface area contributed by atoms with Crippen molar-refractivity contribution in [3.05, 3.63) is 53.6 Å². The number of aryl methyl sites for hydroxylation is 1. The van der Waals surface area contributed by atoms with Crippen LogP contribution in [0.4, 0.5) is 5.69 Å². The maximum Gasteiger partial charge on any atom is 0.235 e. The number of aromatic hydroxyl groups is 1. The lowest BCUT2D eigenvalue weighted by Crippen LogP contribution is -2.22. The van der Waals surface area contributed by atoms with Crippen molar-refractivity contribution in [2.45, 2.75) is 12.8 Å². The molecule has 0 aliphatic carbocycles. The molecule has 1 atom stereocenters. The summed E-state index contributed by atoms with van der Waals surface area (Å²) < 4.78 is 5.51. The van der Waals surface area contributed by atoms with Gasteiger partial charge in [-0.3, -0.25) is 4.79 Å². The SMILES string of the molecule is Cc1cc(NC(=O)C2COc3ccccc32)ccc1O. The maximum atomic E-state index is 12.3. The number of fused-ring (bicyclic) bond motifs is 1. The second-order valence-corrected chi connectivity index (χ2v) is 4.89. The van der Waals surface area contributed by atoms with E-state index in [0.717, 1.165) is 16.9 Å². The first-order valence-electron chi connectivity index (χ1n) is 6.47. The van der Waals surface area contributed by atoms with Gasteiger partial charge in [-0.15, -0.1) is 0 Å². The summed E-state index contributed by atoms with van der Waals surface area (Å²) in [6.45, 7) is 2.15. The van der Waals surface area contributed by atoms with Gasteiger partial charge < -0.3 is 15.2 Å². The van der Waals surface area contributed by atoms with E-state index in [-0.39, 0.29) is 17.6 Å². The van der Waals surface area contributed by atoms with Crippen LogP contribution in [0.1, 0.15) is 17.0 Å². The normalized spacial score (nSPS) is 16.4. The fourth-order valence-electron chi connectivity index (χ4n) is 2.34. The van der Waals surface area contributed by atoms with Gasteiger partial charge in [0, 0.05) is 11.3 Å². The molecule has 1 aliphatic heterocycles. The first-order valence-corrected chi connectivity index (χ1v) is 6.47. The van der Waals surface area contributed by atoms with E-state index in [1.165, 1.54) is 0 Å². The summed E-state index contributed by atoms with van der Waals surface area (Å²) in [4.78, 5) is 12.3. The highest BCUT2D eigenvalue weighted by atomic mass is 16.5. The minimum atomic E-state index is -0.291. The van der Waals surface area contributed by atoms with Crippen LogP contribution >= 0.6 is 0 Å². The monoisotopic (exact) mass is 269 g/mol. The Kier molecular flexibility index (Phi) is 3.06. The molecule has 1 unspecified atom stereocenters. The lowest BCUT2D eigenvalue weighted by atomic mass is 10.0. The summed E-state index contributed by atoms with van der Waals surface area (Å²) >= 11 is 0. The van der Waals surface area contributed by atoms with E-state index in [4.69, 9.17) is 4.74 Å². The second-order valence-electron chi connectivity index (χ2n) is 4.89. The number of phenols is 1. The summed E-state index contributed by atoms with van der Waals surface area (Å²) in [7, 11) is 0. The lowest BCUT2D eigenvalue weighted by Gasteiger charge is -2.11. The number of ether oxygens (including phenoxy) is 1. The maximum absolute atomic E-state index is 12.3. The van der Waals surface area contributed by atoms with Crippen LogP contribution in [0, 0.1) is 6.92 Å². The van der Waals surface area contributed by atoms with Gasteiger partial charge in [0.2, 0.25) is 5.91 Å². The van der Waals surface area contributed by atoms with Crippen molar-refractivity contribution in [3.8, 4) is 11.5 Å². The Balaban J connectivity index is 1.79. The molecule has 102 valence electrons. The fourth-order valence-corrected chi connectivity index (χ4v) is 2.34. The fraction of sp³-hybridized carbons (Fsp3) is 0.188. The Bertz CT molecular complexity index is 667. The zero-order chi connectivity index (χ0) is 14.1. The molecule has 20 heavy (non-hydrogen) atoms. The minimum absolute atomic E-state index is 0.0972. The van der Waals surface area contributed by atoms with Gasteiger partial charge >= 0.3 is 0 Å². The number of phenolic OH excluding ortho intramolecular Hbond substituents is 1. The number of carbonyl (C=O) groups excluding carboxylic acids is 1. The minimum Gasteiger partial charge on any atom is -0.508 e. The van der Waals surface area contributed by atoms with E-state index in [2.05, 4.69) is 5.32 Å². The Morgan fingerprint density at radius 1 is 1.30 bits per heavy atom. The zero-order valence-corrected chi connectivity index (χ0v) is 11.1. The van der Waals surface area contributed by atoms with Crippen LogP contribution in [-0.2, 0) is 4.79 Å². The van der Waals surface area contributed by atoms with Gasteiger partial charge in [0.25, 0.3) is 0 Å². The van der Waals surface area contributed by atoms with Gasteiger partial charge in [0.15, 0.2) is 0 Å². The molecule has 1 aliphatic rings. The number of anilines is 1. The molecule has 2 N–H and O–H groups in total. The number of nitrogens with one attached hydrogen (secondary N) is 1. The van der Waals surface area contributed by atoms with Gasteiger partial charge in [-0.2, -0.15) is 0 Å². The summed E-state index contributed by atoms with van der Waals surface area (Å²) in [5.74, 6) is 0.604. The van der Waals surface area contributed by atoms with E-state index in [9.17, 15) is 9.90 Å². The molecule has 3 rings (SSSR count). The van der Waals surface area contributed by atoms with Crippen LogP contribution in [0.5, 0.6) is 11.5 Å². The number of carbonyl (C=O) groups is 1. The first-order chi connectivity index (χ1) is 9.65. The molecular weight excluding hydrogens is 254 g/mol. The number of hydrogen-bond donors (Lipinski definition) is 2. The third-order valence-electron chi connectivity index (χ3n) is 3.48. The average Bonchev–Trinajstić information content (AvgIpc) is 2.87. The van der Waals surface area contributed by atoms with Crippen molar-refractivity contribution in [3.63, 3.8) is 0 Å². The summed E-state index contributed by atoms with van der Waals surface area (Å²) in [5.41, 5.74) is 2.32. The predicted octanol–water partition coefficient (Wildman–Crippen LogP) is 2.82.